The molecule has 1 amide bonds. The van der Waals surface area contributed by atoms with Crippen LogP contribution in [0.5, 0.6) is 0 Å². The molecule has 0 aromatic heterocycles. The second-order valence-corrected chi connectivity index (χ2v) is 5.37. The highest BCUT2D eigenvalue weighted by Gasteiger charge is 2.49. The van der Waals surface area contributed by atoms with Gasteiger partial charge in [0.15, 0.2) is 0 Å². The Balaban J connectivity index is 1.95. The van der Waals surface area contributed by atoms with E-state index in [1.807, 2.05) is 13.8 Å². The molecular weight excluding hydrogens is 220 g/mol. The molecule has 2 bridgehead atoms. The molecule has 2 fully saturated rings. The molecule has 3 unspecified atom stereocenters. The van der Waals surface area contributed by atoms with E-state index < -0.39 is 5.97 Å². The highest BCUT2D eigenvalue weighted by molar-refractivity contribution is 5.79. The Bertz CT molecular complexity index is 330. The molecule has 0 aromatic rings. The molecule has 2 heterocycles. The summed E-state index contributed by atoms with van der Waals surface area (Å²) in [7, 11) is 0. The Morgan fingerprint density at radius 3 is 2.65 bits per heavy atom. The van der Waals surface area contributed by atoms with Crippen LogP contribution in [0.15, 0.2) is 0 Å². The lowest BCUT2D eigenvalue weighted by atomic mass is 9.89. The number of hydrogen-bond acceptors (Lipinski definition) is 3. The summed E-state index contributed by atoms with van der Waals surface area (Å²) in [5.74, 6) is -0.991. The Labute approximate surface area is 101 Å². The molecule has 2 aliphatic rings. The fraction of sp³-hybridized carbons (Fsp3) is 0.833. The first-order chi connectivity index (χ1) is 7.99. The maximum absolute atomic E-state index is 11.7. The third-order valence-electron chi connectivity index (χ3n) is 3.77. The Morgan fingerprint density at radius 1 is 1.41 bits per heavy atom. The van der Waals surface area contributed by atoms with E-state index in [0.29, 0.717) is 19.0 Å². The first-order valence-electron chi connectivity index (χ1n) is 6.27. The summed E-state index contributed by atoms with van der Waals surface area (Å²) in [4.78, 5) is 24.9. The lowest BCUT2D eigenvalue weighted by Gasteiger charge is -2.22. The van der Waals surface area contributed by atoms with Crippen LogP contribution in [0.1, 0.15) is 33.1 Å². The lowest BCUT2D eigenvalue weighted by Crippen LogP contribution is -2.43. The van der Waals surface area contributed by atoms with Crippen molar-refractivity contribution in [1.82, 2.24) is 10.2 Å². The number of carboxylic acids is 1. The number of carbonyl (C=O) groups excluding carboxylic acids is 1. The highest BCUT2D eigenvalue weighted by atomic mass is 16.4. The standard InChI is InChI=1S/C12H20N2O3/c1-7(2)13-11(15)6-14-8-3-4-10(14)9(5-8)12(16)17/h7-10H,3-6H2,1-2H3,(H,13,15)(H,16,17). The van der Waals surface area contributed by atoms with Crippen LogP contribution in [0.25, 0.3) is 0 Å². The summed E-state index contributed by atoms with van der Waals surface area (Å²) in [5, 5.41) is 12.0. The molecule has 2 saturated heterocycles. The summed E-state index contributed by atoms with van der Waals surface area (Å²) >= 11 is 0. The minimum absolute atomic E-state index is 0.00272. The predicted octanol–water partition coefficient (Wildman–Crippen LogP) is 0.449. The average molecular weight is 240 g/mol. The van der Waals surface area contributed by atoms with Gasteiger partial charge < -0.3 is 10.4 Å². The molecule has 2 rings (SSSR count). The molecule has 0 saturated carbocycles. The third-order valence-corrected chi connectivity index (χ3v) is 3.77. The molecule has 3 atom stereocenters. The number of nitrogens with zero attached hydrogens (tertiary/aromatic N) is 1. The van der Waals surface area contributed by atoms with E-state index in [4.69, 9.17) is 5.11 Å². The Hall–Kier alpha value is -1.10. The molecule has 0 spiro atoms. The highest BCUT2D eigenvalue weighted by Crippen LogP contribution is 2.41. The van der Waals surface area contributed by atoms with Crippen molar-refractivity contribution >= 4 is 11.9 Å². The van der Waals surface area contributed by atoms with Crippen molar-refractivity contribution in [2.45, 2.75) is 51.2 Å². The van der Waals surface area contributed by atoms with Crippen LogP contribution in [0.3, 0.4) is 0 Å². The molecular formula is C12H20N2O3. The zero-order chi connectivity index (χ0) is 12.6. The summed E-state index contributed by atoms with van der Waals surface area (Å²) in [6.07, 6.45) is 2.65. The minimum atomic E-state index is -0.716. The molecule has 5 nitrogen and oxygen atoms in total. The number of fused-ring (bicyclic) bond motifs is 2. The van der Waals surface area contributed by atoms with Gasteiger partial charge >= 0.3 is 5.97 Å². The topological polar surface area (TPSA) is 69.6 Å². The third kappa shape index (κ3) is 2.44. The van der Waals surface area contributed by atoms with E-state index in [2.05, 4.69) is 10.2 Å². The van der Waals surface area contributed by atoms with Gasteiger partial charge in [0, 0.05) is 18.1 Å². The van der Waals surface area contributed by atoms with Gasteiger partial charge in [-0.3, -0.25) is 14.5 Å². The predicted molar refractivity (Wildman–Crippen MR) is 62.5 cm³/mol. The van der Waals surface area contributed by atoms with Gasteiger partial charge in [0.1, 0.15) is 0 Å². The second-order valence-electron chi connectivity index (χ2n) is 5.37. The zero-order valence-corrected chi connectivity index (χ0v) is 10.3. The number of amides is 1. The number of carboxylic acid groups (broad SMARTS) is 1. The molecule has 2 aliphatic heterocycles. The van der Waals surface area contributed by atoms with Crippen molar-refractivity contribution < 1.29 is 14.7 Å². The number of hydrogen-bond donors (Lipinski definition) is 2. The van der Waals surface area contributed by atoms with Gasteiger partial charge in [0.05, 0.1) is 12.5 Å². The molecule has 0 aromatic carbocycles. The van der Waals surface area contributed by atoms with E-state index in [-0.39, 0.29) is 23.9 Å². The smallest absolute Gasteiger partial charge is 0.308 e. The molecule has 96 valence electrons. The van der Waals surface area contributed by atoms with E-state index in [1.165, 1.54) is 0 Å². The molecule has 17 heavy (non-hydrogen) atoms. The maximum Gasteiger partial charge on any atom is 0.308 e. The van der Waals surface area contributed by atoms with Gasteiger partial charge in [-0.1, -0.05) is 0 Å². The normalized spacial score (nSPS) is 32.1. The quantitative estimate of drug-likeness (QED) is 0.748. The van der Waals surface area contributed by atoms with Crippen LogP contribution < -0.4 is 5.32 Å². The summed E-state index contributed by atoms with van der Waals surface area (Å²) < 4.78 is 0. The first kappa shape index (κ1) is 12.4. The van der Waals surface area contributed by atoms with Crippen LogP contribution >= 0.6 is 0 Å². The van der Waals surface area contributed by atoms with Crippen molar-refractivity contribution in [3.63, 3.8) is 0 Å². The van der Waals surface area contributed by atoms with Gasteiger partial charge in [0.2, 0.25) is 5.91 Å². The van der Waals surface area contributed by atoms with Crippen molar-refractivity contribution in [2.24, 2.45) is 5.92 Å². The van der Waals surface area contributed by atoms with Gasteiger partial charge in [-0.15, -0.1) is 0 Å². The monoisotopic (exact) mass is 240 g/mol. The number of rotatable bonds is 4. The molecule has 2 N–H and O–H groups in total. The summed E-state index contributed by atoms with van der Waals surface area (Å²) in [6.45, 7) is 4.20. The molecule has 0 radical (unpaired) electrons. The maximum atomic E-state index is 11.7. The Morgan fingerprint density at radius 2 is 2.12 bits per heavy atom. The number of nitrogens with one attached hydrogen (secondary N) is 1. The second kappa shape index (κ2) is 4.64. The average Bonchev–Trinajstić information content (AvgIpc) is 2.74. The number of carbonyl (C=O) groups is 2. The van der Waals surface area contributed by atoms with Crippen molar-refractivity contribution in [2.75, 3.05) is 6.54 Å². The molecule has 5 heteroatoms. The fourth-order valence-corrected chi connectivity index (χ4v) is 3.15. The van der Waals surface area contributed by atoms with Gasteiger partial charge in [-0.25, -0.2) is 0 Å². The van der Waals surface area contributed by atoms with Crippen LogP contribution in [0, 0.1) is 5.92 Å². The van der Waals surface area contributed by atoms with Gasteiger partial charge in [-0.05, 0) is 33.1 Å². The Kier molecular flexibility index (Phi) is 3.38. The summed E-state index contributed by atoms with van der Waals surface area (Å²) in [5.41, 5.74) is 0. The van der Waals surface area contributed by atoms with Crippen molar-refractivity contribution in [3.8, 4) is 0 Å². The van der Waals surface area contributed by atoms with Crippen LogP contribution in [0.4, 0.5) is 0 Å². The molecule has 0 aliphatic carbocycles. The van der Waals surface area contributed by atoms with Crippen molar-refractivity contribution in [3.05, 3.63) is 0 Å². The van der Waals surface area contributed by atoms with E-state index in [1.54, 1.807) is 0 Å². The first-order valence-corrected chi connectivity index (χ1v) is 6.27. The van der Waals surface area contributed by atoms with Crippen molar-refractivity contribution in [1.29, 1.82) is 0 Å². The minimum Gasteiger partial charge on any atom is -0.481 e. The van der Waals surface area contributed by atoms with Gasteiger partial charge in [0.25, 0.3) is 0 Å². The van der Waals surface area contributed by atoms with Crippen LogP contribution in [0.2, 0.25) is 0 Å². The zero-order valence-electron chi connectivity index (χ0n) is 10.3. The van der Waals surface area contributed by atoms with E-state index in [0.717, 1.165) is 12.8 Å². The SMILES string of the molecule is CC(C)NC(=O)CN1C2CCC1C(C(=O)O)C2. The largest absolute Gasteiger partial charge is 0.481 e. The number of aliphatic carboxylic acids is 1. The fourth-order valence-electron chi connectivity index (χ4n) is 3.15. The van der Waals surface area contributed by atoms with Crippen LogP contribution in [-0.4, -0.2) is 46.6 Å². The van der Waals surface area contributed by atoms with Gasteiger partial charge in [-0.2, -0.15) is 0 Å². The van der Waals surface area contributed by atoms with Crippen LogP contribution in [-0.2, 0) is 9.59 Å². The summed E-state index contributed by atoms with van der Waals surface area (Å²) in [6, 6.07) is 0.493. The van der Waals surface area contributed by atoms with E-state index in [9.17, 15) is 9.59 Å². The van der Waals surface area contributed by atoms with E-state index >= 15 is 0 Å². The lowest BCUT2D eigenvalue weighted by molar-refractivity contribution is -0.143.